The highest BCUT2D eigenvalue weighted by molar-refractivity contribution is 5.96. The molecule has 2 N–H and O–H groups in total. The highest BCUT2D eigenvalue weighted by Gasteiger charge is 2.25. The Kier molecular flexibility index (Phi) is 6.99. The summed E-state index contributed by atoms with van der Waals surface area (Å²) in [6, 6.07) is 5.52. The summed E-state index contributed by atoms with van der Waals surface area (Å²) >= 11 is 0. The molecule has 1 saturated heterocycles. The molecule has 0 radical (unpaired) electrons. The monoisotopic (exact) mass is 312 g/mol. The van der Waals surface area contributed by atoms with Gasteiger partial charge in [0, 0.05) is 30.9 Å². The molecular weight excluding hydrogens is 288 g/mol. The lowest BCUT2D eigenvalue weighted by atomic mass is 9.97. The van der Waals surface area contributed by atoms with E-state index in [1.54, 1.807) is 6.07 Å². The number of hydrogen-bond donors (Lipinski definition) is 1. The first-order valence-corrected chi connectivity index (χ1v) is 7.35. The first-order valence-electron chi connectivity index (χ1n) is 7.35. The molecule has 0 spiro atoms. The van der Waals surface area contributed by atoms with Crippen molar-refractivity contribution in [3.05, 3.63) is 29.3 Å². The van der Waals surface area contributed by atoms with E-state index in [4.69, 9.17) is 10.5 Å². The molecular formula is C16H25ClN2O2. The summed E-state index contributed by atoms with van der Waals surface area (Å²) in [6.45, 7) is 7.05. The van der Waals surface area contributed by atoms with E-state index in [-0.39, 0.29) is 18.3 Å². The maximum atomic E-state index is 12.6. The third-order valence-electron chi connectivity index (χ3n) is 3.86. The average molecular weight is 313 g/mol. The molecule has 1 unspecified atom stereocenters. The van der Waals surface area contributed by atoms with E-state index >= 15 is 0 Å². The van der Waals surface area contributed by atoms with Gasteiger partial charge in [-0.3, -0.25) is 4.79 Å². The number of piperidine rings is 1. The summed E-state index contributed by atoms with van der Waals surface area (Å²) in [7, 11) is 0. The molecule has 4 nitrogen and oxygen atoms in total. The molecule has 0 saturated carbocycles. The minimum atomic E-state index is 0. The zero-order valence-electron chi connectivity index (χ0n) is 12.8. The lowest BCUT2D eigenvalue weighted by molar-refractivity contribution is 0.0500. The van der Waals surface area contributed by atoms with Crippen molar-refractivity contribution in [2.45, 2.75) is 26.7 Å². The normalized spacial score (nSPS) is 18.2. The number of halogens is 1. The number of carbonyl (C=O) groups excluding carboxylic acids is 1. The maximum Gasteiger partial charge on any atom is 0.254 e. The summed E-state index contributed by atoms with van der Waals surface area (Å²) in [4.78, 5) is 14.6. The smallest absolute Gasteiger partial charge is 0.254 e. The molecule has 21 heavy (non-hydrogen) atoms. The van der Waals surface area contributed by atoms with E-state index in [1.807, 2.05) is 30.9 Å². The predicted molar refractivity (Wildman–Crippen MR) is 88.0 cm³/mol. The van der Waals surface area contributed by atoms with Crippen LogP contribution in [0.15, 0.2) is 18.2 Å². The van der Waals surface area contributed by atoms with Crippen molar-refractivity contribution in [1.29, 1.82) is 0 Å². The second kappa shape index (κ2) is 8.25. The molecule has 1 heterocycles. The quantitative estimate of drug-likeness (QED) is 0.870. The number of ether oxygens (including phenoxy) is 1. The number of amides is 1. The standard InChI is InChI=1S/C16H24N2O2.ClH/c1-3-20-11-13-5-4-8-18(10-13)16(19)15-9-14(17)7-6-12(15)2;/h6-7,9,13H,3-5,8,10-11,17H2,1-2H3;1H. The number of hydrogen-bond acceptors (Lipinski definition) is 3. The van der Waals surface area contributed by atoms with E-state index in [2.05, 4.69) is 0 Å². The molecule has 0 aromatic heterocycles. The van der Waals surface area contributed by atoms with Crippen LogP contribution in [0.25, 0.3) is 0 Å². The average Bonchev–Trinajstić information content (AvgIpc) is 2.47. The zero-order chi connectivity index (χ0) is 14.5. The highest BCUT2D eigenvalue weighted by Crippen LogP contribution is 2.21. The van der Waals surface area contributed by atoms with E-state index < -0.39 is 0 Å². The van der Waals surface area contributed by atoms with Crippen molar-refractivity contribution >= 4 is 24.0 Å². The summed E-state index contributed by atoms with van der Waals surface area (Å²) in [5.74, 6) is 0.546. The van der Waals surface area contributed by atoms with Gasteiger partial charge in [0.05, 0.1) is 6.61 Å². The van der Waals surface area contributed by atoms with Crippen LogP contribution in [0, 0.1) is 12.8 Å². The van der Waals surface area contributed by atoms with Crippen molar-refractivity contribution in [2.24, 2.45) is 5.92 Å². The minimum Gasteiger partial charge on any atom is -0.399 e. The van der Waals surface area contributed by atoms with Gasteiger partial charge in [0.2, 0.25) is 0 Å². The molecule has 1 aromatic carbocycles. The lowest BCUT2D eigenvalue weighted by Gasteiger charge is -2.33. The van der Waals surface area contributed by atoms with Crippen LogP contribution in [0.2, 0.25) is 0 Å². The van der Waals surface area contributed by atoms with Crippen molar-refractivity contribution < 1.29 is 9.53 Å². The van der Waals surface area contributed by atoms with Gasteiger partial charge in [0.25, 0.3) is 5.91 Å². The highest BCUT2D eigenvalue weighted by atomic mass is 35.5. The van der Waals surface area contributed by atoms with Crippen LogP contribution in [-0.2, 0) is 4.74 Å². The van der Waals surface area contributed by atoms with Crippen LogP contribution < -0.4 is 5.73 Å². The van der Waals surface area contributed by atoms with Crippen LogP contribution >= 0.6 is 12.4 Å². The van der Waals surface area contributed by atoms with Crippen LogP contribution in [0.3, 0.4) is 0 Å². The second-order valence-electron chi connectivity index (χ2n) is 5.49. The second-order valence-corrected chi connectivity index (χ2v) is 5.49. The molecule has 0 bridgehead atoms. The Morgan fingerprint density at radius 2 is 2.24 bits per heavy atom. The third-order valence-corrected chi connectivity index (χ3v) is 3.86. The molecule has 1 atom stereocenters. The largest absolute Gasteiger partial charge is 0.399 e. The fourth-order valence-electron chi connectivity index (χ4n) is 2.71. The molecule has 1 amide bonds. The summed E-state index contributed by atoms with van der Waals surface area (Å²) < 4.78 is 5.49. The summed E-state index contributed by atoms with van der Waals surface area (Å²) in [5.41, 5.74) is 8.14. The van der Waals surface area contributed by atoms with Gasteiger partial charge in [-0.25, -0.2) is 0 Å². The number of aryl methyl sites for hydroxylation is 1. The third kappa shape index (κ3) is 4.61. The summed E-state index contributed by atoms with van der Waals surface area (Å²) in [5, 5.41) is 0. The Morgan fingerprint density at radius 1 is 1.48 bits per heavy atom. The number of nitrogen functional groups attached to an aromatic ring is 1. The number of carbonyl (C=O) groups is 1. The maximum absolute atomic E-state index is 12.6. The SMILES string of the molecule is CCOCC1CCCN(C(=O)c2cc(N)ccc2C)C1.Cl. The molecule has 5 heteroatoms. The molecule has 0 aliphatic carbocycles. The molecule has 2 rings (SSSR count). The van der Waals surface area contributed by atoms with E-state index in [0.29, 0.717) is 11.6 Å². The molecule has 1 aromatic rings. The number of nitrogens with two attached hydrogens (primary N) is 1. The van der Waals surface area contributed by atoms with Gasteiger partial charge in [0.15, 0.2) is 0 Å². The lowest BCUT2D eigenvalue weighted by Crippen LogP contribution is -2.41. The first-order chi connectivity index (χ1) is 9.61. The van der Waals surface area contributed by atoms with Crippen molar-refractivity contribution in [2.75, 3.05) is 32.0 Å². The number of benzene rings is 1. The van der Waals surface area contributed by atoms with Crippen molar-refractivity contribution in [1.82, 2.24) is 4.90 Å². The zero-order valence-corrected chi connectivity index (χ0v) is 13.6. The van der Waals surface area contributed by atoms with Crippen LogP contribution in [0.5, 0.6) is 0 Å². The van der Waals surface area contributed by atoms with Gasteiger partial charge < -0.3 is 15.4 Å². The Morgan fingerprint density at radius 3 is 2.95 bits per heavy atom. The number of likely N-dealkylation sites (tertiary alicyclic amines) is 1. The van der Waals surface area contributed by atoms with Gasteiger partial charge in [-0.1, -0.05) is 6.07 Å². The van der Waals surface area contributed by atoms with Gasteiger partial charge >= 0.3 is 0 Å². The Bertz CT molecular complexity index is 479. The fraction of sp³-hybridized carbons (Fsp3) is 0.562. The van der Waals surface area contributed by atoms with Crippen LogP contribution in [-0.4, -0.2) is 37.1 Å². The number of nitrogens with zero attached hydrogens (tertiary/aromatic N) is 1. The summed E-state index contributed by atoms with van der Waals surface area (Å²) in [6.07, 6.45) is 2.19. The molecule has 1 fully saturated rings. The van der Waals surface area contributed by atoms with Gasteiger partial charge in [-0.2, -0.15) is 0 Å². The van der Waals surface area contributed by atoms with Gasteiger partial charge in [-0.15, -0.1) is 12.4 Å². The molecule has 1 aliphatic heterocycles. The van der Waals surface area contributed by atoms with Crippen molar-refractivity contribution in [3.8, 4) is 0 Å². The van der Waals surface area contributed by atoms with Gasteiger partial charge in [-0.05, 0) is 50.3 Å². The number of anilines is 1. The van der Waals surface area contributed by atoms with E-state index in [9.17, 15) is 4.79 Å². The van der Waals surface area contributed by atoms with E-state index in [0.717, 1.165) is 50.3 Å². The Balaban J connectivity index is 0.00000220. The van der Waals surface area contributed by atoms with Crippen LogP contribution in [0.1, 0.15) is 35.7 Å². The van der Waals surface area contributed by atoms with Crippen LogP contribution in [0.4, 0.5) is 5.69 Å². The van der Waals surface area contributed by atoms with E-state index in [1.165, 1.54) is 0 Å². The van der Waals surface area contributed by atoms with Gasteiger partial charge in [0.1, 0.15) is 0 Å². The minimum absolute atomic E-state index is 0. The fourth-order valence-corrected chi connectivity index (χ4v) is 2.71. The first kappa shape index (κ1) is 17.8. The topological polar surface area (TPSA) is 55.6 Å². The number of rotatable bonds is 4. The predicted octanol–water partition coefficient (Wildman–Crippen LogP) is 2.89. The Hall–Kier alpha value is -1.26. The Labute approximate surface area is 133 Å². The molecule has 118 valence electrons. The van der Waals surface area contributed by atoms with Crippen molar-refractivity contribution in [3.63, 3.8) is 0 Å². The molecule has 1 aliphatic rings.